The second-order valence-corrected chi connectivity index (χ2v) is 10.1. The summed E-state index contributed by atoms with van der Waals surface area (Å²) >= 11 is 1.49. The molecule has 152 valence electrons. The number of rotatable bonds is 7. The maximum Gasteiger partial charge on any atom is 0.416 e. The molecular weight excluding hydrogens is 411 g/mol. The van der Waals surface area contributed by atoms with E-state index in [2.05, 4.69) is 5.32 Å². The summed E-state index contributed by atoms with van der Waals surface area (Å²) < 4.78 is 62.3. The monoisotopic (exact) mass is 431 g/mol. The number of thioether (sulfide) groups is 1. The van der Waals surface area contributed by atoms with Gasteiger partial charge in [0.25, 0.3) is 0 Å². The summed E-state index contributed by atoms with van der Waals surface area (Å²) in [6, 6.07) is 12.9. The summed E-state index contributed by atoms with van der Waals surface area (Å²) in [5, 5.41) is 2.55. The van der Waals surface area contributed by atoms with Crippen LogP contribution in [0.5, 0.6) is 0 Å². The van der Waals surface area contributed by atoms with Gasteiger partial charge in [-0.15, -0.1) is 11.8 Å². The number of nitrogens with one attached hydrogen (secondary N) is 1. The third-order valence-electron chi connectivity index (χ3n) is 4.09. The molecule has 0 saturated heterocycles. The molecule has 9 heteroatoms. The van der Waals surface area contributed by atoms with Gasteiger partial charge in [-0.1, -0.05) is 24.3 Å². The third-order valence-corrected chi connectivity index (χ3v) is 7.51. The lowest BCUT2D eigenvalue weighted by molar-refractivity contribution is -0.137. The minimum absolute atomic E-state index is 0.222. The molecule has 0 spiro atoms. The zero-order valence-electron chi connectivity index (χ0n) is 15.3. The zero-order valence-corrected chi connectivity index (χ0v) is 16.9. The van der Waals surface area contributed by atoms with Crippen molar-refractivity contribution in [3.63, 3.8) is 0 Å². The number of sulfone groups is 1. The van der Waals surface area contributed by atoms with E-state index in [1.165, 1.54) is 25.6 Å². The van der Waals surface area contributed by atoms with Gasteiger partial charge in [-0.25, -0.2) is 8.42 Å². The minimum atomic E-state index is -4.67. The fraction of sp³-hybridized carbons (Fsp3) is 0.316. The first-order valence-corrected chi connectivity index (χ1v) is 10.8. The molecule has 0 atom stereocenters. The summed E-state index contributed by atoms with van der Waals surface area (Å²) in [5.41, 5.74) is -1.08. The van der Waals surface area contributed by atoms with Gasteiger partial charge in [0, 0.05) is 17.2 Å². The zero-order chi connectivity index (χ0) is 21.0. The van der Waals surface area contributed by atoms with Crippen molar-refractivity contribution in [2.45, 2.75) is 34.6 Å². The van der Waals surface area contributed by atoms with Crippen molar-refractivity contribution in [1.29, 1.82) is 0 Å². The van der Waals surface area contributed by atoms with Crippen LogP contribution in [0.15, 0.2) is 64.4 Å². The lowest BCUT2D eigenvalue weighted by Gasteiger charge is -2.24. The summed E-state index contributed by atoms with van der Waals surface area (Å²) in [5.74, 6) is -0.242. The van der Waals surface area contributed by atoms with E-state index < -0.39 is 37.1 Å². The van der Waals surface area contributed by atoms with Gasteiger partial charge in [0.15, 0.2) is 9.84 Å². The first-order chi connectivity index (χ1) is 13.0. The van der Waals surface area contributed by atoms with Crippen LogP contribution in [0.3, 0.4) is 0 Å². The number of benzene rings is 2. The molecule has 1 N–H and O–H groups in total. The maximum atomic E-state index is 12.9. The lowest BCUT2D eigenvalue weighted by atomic mass is 10.2. The third kappa shape index (κ3) is 5.08. The van der Waals surface area contributed by atoms with Crippen LogP contribution >= 0.6 is 11.8 Å². The Bertz CT molecular complexity index is 927. The van der Waals surface area contributed by atoms with Crippen molar-refractivity contribution >= 4 is 27.5 Å². The number of halogens is 3. The molecular formula is C19H20F3NO3S2. The Morgan fingerprint density at radius 3 is 2.29 bits per heavy atom. The Kier molecular flexibility index (Phi) is 6.82. The van der Waals surface area contributed by atoms with Gasteiger partial charge in [-0.05, 0) is 44.2 Å². The number of hydrogen-bond donors (Lipinski definition) is 1. The van der Waals surface area contributed by atoms with Gasteiger partial charge >= 0.3 is 6.18 Å². The Morgan fingerprint density at radius 1 is 1.04 bits per heavy atom. The highest BCUT2D eigenvalue weighted by molar-refractivity contribution is 7.99. The molecule has 0 aliphatic heterocycles. The molecule has 0 heterocycles. The maximum absolute atomic E-state index is 12.9. The average Bonchev–Trinajstić information content (AvgIpc) is 2.65. The number of amides is 1. The van der Waals surface area contributed by atoms with Crippen molar-refractivity contribution in [3.05, 3.63) is 60.2 Å². The molecule has 2 aromatic rings. The van der Waals surface area contributed by atoms with Gasteiger partial charge in [-0.2, -0.15) is 13.2 Å². The fourth-order valence-electron chi connectivity index (χ4n) is 2.32. The second-order valence-electron chi connectivity index (χ2n) is 6.46. The van der Waals surface area contributed by atoms with Crippen LogP contribution < -0.4 is 5.32 Å². The summed E-state index contributed by atoms with van der Waals surface area (Å²) in [4.78, 5) is 12.9. The van der Waals surface area contributed by atoms with Gasteiger partial charge < -0.3 is 5.32 Å². The highest BCUT2D eigenvalue weighted by Crippen LogP contribution is 2.33. The predicted octanol–water partition coefficient (Wildman–Crippen LogP) is 4.17. The number of carbonyl (C=O) groups is 1. The predicted molar refractivity (Wildman–Crippen MR) is 103 cm³/mol. The second kappa shape index (κ2) is 8.57. The largest absolute Gasteiger partial charge is 0.416 e. The molecule has 0 aromatic heterocycles. The minimum Gasteiger partial charge on any atom is -0.354 e. The van der Waals surface area contributed by atoms with Crippen LogP contribution in [0, 0.1) is 0 Å². The van der Waals surface area contributed by atoms with E-state index in [-0.39, 0.29) is 6.54 Å². The van der Waals surface area contributed by atoms with Crippen LogP contribution in [0.25, 0.3) is 0 Å². The molecule has 0 radical (unpaired) electrons. The molecule has 2 rings (SSSR count). The average molecular weight is 432 g/mol. The van der Waals surface area contributed by atoms with E-state index in [0.29, 0.717) is 11.8 Å². The Labute approximate surface area is 166 Å². The SMILES string of the molecule is CC(C)(C(=O)NCCSc1ccccc1)S(=O)(=O)c1cccc(C(F)(F)F)c1. The summed E-state index contributed by atoms with van der Waals surface area (Å²) in [6.45, 7) is 2.59. The van der Waals surface area contributed by atoms with Gasteiger partial charge in [0.05, 0.1) is 10.5 Å². The molecule has 0 aliphatic rings. The van der Waals surface area contributed by atoms with Crippen LogP contribution in [-0.4, -0.2) is 31.4 Å². The van der Waals surface area contributed by atoms with E-state index in [4.69, 9.17) is 0 Å². The van der Waals surface area contributed by atoms with E-state index in [0.717, 1.165) is 23.1 Å². The van der Waals surface area contributed by atoms with Crippen LogP contribution in [-0.2, 0) is 20.8 Å². The first-order valence-electron chi connectivity index (χ1n) is 8.34. The molecule has 0 saturated carbocycles. The highest BCUT2D eigenvalue weighted by atomic mass is 32.2. The van der Waals surface area contributed by atoms with E-state index in [1.807, 2.05) is 30.3 Å². The number of alkyl halides is 3. The van der Waals surface area contributed by atoms with Crippen molar-refractivity contribution in [2.75, 3.05) is 12.3 Å². The summed E-state index contributed by atoms with van der Waals surface area (Å²) in [6.07, 6.45) is -4.67. The molecule has 0 fully saturated rings. The summed E-state index contributed by atoms with van der Waals surface area (Å²) in [7, 11) is -4.33. The van der Waals surface area contributed by atoms with E-state index in [9.17, 15) is 26.4 Å². The molecule has 28 heavy (non-hydrogen) atoms. The number of hydrogen-bond acceptors (Lipinski definition) is 4. The van der Waals surface area contributed by atoms with Crippen molar-refractivity contribution in [3.8, 4) is 0 Å². The number of carbonyl (C=O) groups excluding carboxylic acids is 1. The lowest BCUT2D eigenvalue weighted by Crippen LogP contribution is -2.48. The molecule has 1 amide bonds. The van der Waals surface area contributed by atoms with E-state index >= 15 is 0 Å². The van der Waals surface area contributed by atoms with Crippen molar-refractivity contribution < 1.29 is 26.4 Å². The topological polar surface area (TPSA) is 63.2 Å². The van der Waals surface area contributed by atoms with Crippen LogP contribution in [0.1, 0.15) is 19.4 Å². The Hall–Kier alpha value is -2.00. The van der Waals surface area contributed by atoms with Gasteiger partial charge in [0.2, 0.25) is 5.91 Å². The fourth-order valence-corrected chi connectivity index (χ4v) is 4.55. The molecule has 0 bridgehead atoms. The Balaban J connectivity index is 2.08. The first kappa shape index (κ1) is 22.3. The highest BCUT2D eigenvalue weighted by Gasteiger charge is 2.43. The normalized spacial score (nSPS) is 12.6. The van der Waals surface area contributed by atoms with E-state index in [1.54, 1.807) is 0 Å². The molecule has 2 aromatic carbocycles. The quantitative estimate of drug-likeness (QED) is 0.528. The van der Waals surface area contributed by atoms with Crippen molar-refractivity contribution in [1.82, 2.24) is 5.32 Å². The molecule has 0 aliphatic carbocycles. The smallest absolute Gasteiger partial charge is 0.354 e. The molecule has 0 unspecified atom stereocenters. The standard InChI is InChI=1S/C19H20F3NO3S2/c1-18(2,17(24)23-11-12-27-15-8-4-3-5-9-15)28(25,26)16-10-6-7-14(13-16)19(20,21)22/h3-10,13H,11-12H2,1-2H3,(H,23,24). The van der Waals surface area contributed by atoms with Crippen LogP contribution in [0.2, 0.25) is 0 Å². The van der Waals surface area contributed by atoms with Crippen LogP contribution in [0.4, 0.5) is 13.2 Å². The van der Waals surface area contributed by atoms with Crippen molar-refractivity contribution in [2.24, 2.45) is 0 Å². The van der Waals surface area contributed by atoms with Gasteiger partial charge in [-0.3, -0.25) is 4.79 Å². The van der Waals surface area contributed by atoms with Gasteiger partial charge in [0.1, 0.15) is 4.75 Å². The molecule has 4 nitrogen and oxygen atoms in total. The Morgan fingerprint density at radius 2 is 1.68 bits per heavy atom.